The number of hydrogen-bond donors (Lipinski definition) is 2. The molecule has 7 nitrogen and oxygen atoms in total. The molecule has 4 unspecified atom stereocenters. The van der Waals surface area contributed by atoms with Gasteiger partial charge in [0, 0.05) is 24.9 Å². The predicted octanol–water partition coefficient (Wildman–Crippen LogP) is 4.04. The molecule has 0 radical (unpaired) electrons. The van der Waals surface area contributed by atoms with Crippen molar-refractivity contribution >= 4 is 18.0 Å². The Hall–Kier alpha value is -3.61. The maximum Gasteiger partial charge on any atom is 0.407 e. The number of hydrogen-bond acceptors (Lipinski definition) is 4. The van der Waals surface area contributed by atoms with Gasteiger partial charge >= 0.3 is 12.1 Å². The molecule has 4 atom stereocenters. The van der Waals surface area contributed by atoms with Crippen LogP contribution >= 0.6 is 0 Å². The summed E-state index contributed by atoms with van der Waals surface area (Å²) >= 11 is 0. The van der Waals surface area contributed by atoms with Gasteiger partial charge in [-0.15, -0.1) is 0 Å². The second-order valence-corrected chi connectivity index (χ2v) is 9.84. The third-order valence-corrected chi connectivity index (χ3v) is 7.56. The zero-order valence-electron chi connectivity index (χ0n) is 19.7. The first-order chi connectivity index (χ1) is 16.9. The number of rotatable bonds is 5. The number of allylic oxidation sites excluding steroid dienone is 1. The summed E-state index contributed by atoms with van der Waals surface area (Å²) in [5.74, 6) is -1.77. The maximum atomic E-state index is 13.0. The molecule has 0 aromatic heterocycles. The van der Waals surface area contributed by atoms with E-state index in [4.69, 9.17) is 4.74 Å². The van der Waals surface area contributed by atoms with Gasteiger partial charge in [-0.25, -0.2) is 4.79 Å². The minimum absolute atomic E-state index is 0.0105. The van der Waals surface area contributed by atoms with E-state index in [1.165, 1.54) is 11.1 Å². The van der Waals surface area contributed by atoms with Crippen LogP contribution in [0.3, 0.4) is 0 Å². The van der Waals surface area contributed by atoms with Gasteiger partial charge in [0.2, 0.25) is 5.91 Å². The van der Waals surface area contributed by atoms with Crippen LogP contribution in [0.5, 0.6) is 0 Å². The summed E-state index contributed by atoms with van der Waals surface area (Å²) in [5, 5.41) is 12.3. The largest absolute Gasteiger partial charge is 0.481 e. The molecule has 0 bridgehead atoms. The van der Waals surface area contributed by atoms with Crippen LogP contribution in [0.15, 0.2) is 60.7 Å². The second kappa shape index (κ2) is 9.56. The van der Waals surface area contributed by atoms with E-state index in [2.05, 4.69) is 29.6 Å². The summed E-state index contributed by atoms with van der Waals surface area (Å²) in [4.78, 5) is 38.8. The lowest BCUT2D eigenvalue weighted by Gasteiger charge is -2.28. The topological polar surface area (TPSA) is 95.9 Å². The highest BCUT2D eigenvalue weighted by atomic mass is 16.5. The quantitative estimate of drug-likeness (QED) is 0.638. The Labute approximate surface area is 204 Å². The summed E-state index contributed by atoms with van der Waals surface area (Å²) in [5.41, 5.74) is 4.67. The third-order valence-electron chi connectivity index (χ3n) is 7.56. The van der Waals surface area contributed by atoms with Gasteiger partial charge in [0.15, 0.2) is 0 Å². The molecule has 7 heteroatoms. The summed E-state index contributed by atoms with van der Waals surface area (Å²) in [6.45, 7) is 2.82. The van der Waals surface area contributed by atoms with Crippen molar-refractivity contribution in [2.24, 2.45) is 17.8 Å². The molecule has 182 valence electrons. The number of nitrogens with zero attached hydrogens (tertiary/aromatic N) is 1. The standard InChI is InChI=1S/C28H30N2O5/c1-17-14-30(15-24(17)27(32)33)26(31)18-7-6-8-19(13-18)29-28(34)35-16-25-22-11-4-2-9-20(22)21-10-3-5-12-23(21)25/h2-6,8-12,17-19,24-25H,7,13-16H2,1H3,(H,29,34)(H,32,33). The van der Waals surface area contributed by atoms with E-state index in [1.54, 1.807) is 4.90 Å². The van der Waals surface area contributed by atoms with E-state index in [0.717, 1.165) is 11.1 Å². The number of benzene rings is 2. The van der Waals surface area contributed by atoms with Crippen molar-refractivity contribution in [3.8, 4) is 11.1 Å². The van der Waals surface area contributed by atoms with Crippen LogP contribution in [0, 0.1) is 17.8 Å². The fourth-order valence-corrected chi connectivity index (χ4v) is 5.71. The molecule has 35 heavy (non-hydrogen) atoms. The van der Waals surface area contributed by atoms with Crippen molar-refractivity contribution in [2.45, 2.75) is 31.7 Å². The Morgan fingerprint density at radius 3 is 2.31 bits per heavy atom. The normalized spacial score (nSPS) is 25.1. The van der Waals surface area contributed by atoms with Crippen LogP contribution in [0.4, 0.5) is 4.79 Å². The molecule has 1 aliphatic heterocycles. The molecule has 0 spiro atoms. The van der Waals surface area contributed by atoms with E-state index in [-0.39, 0.29) is 42.9 Å². The minimum Gasteiger partial charge on any atom is -0.481 e. The molecule has 5 rings (SSSR count). The SMILES string of the molecule is CC1CN(C(=O)C2CC=CC(NC(=O)OCC3c4ccccc4-c4ccccc43)C2)CC1C(=O)O. The molecule has 2 aromatic rings. The lowest BCUT2D eigenvalue weighted by molar-refractivity contribution is -0.142. The molecule has 2 N–H and O–H groups in total. The Morgan fingerprint density at radius 1 is 1.03 bits per heavy atom. The first-order valence-electron chi connectivity index (χ1n) is 12.2. The average molecular weight is 475 g/mol. The molecule has 3 aliphatic rings. The van der Waals surface area contributed by atoms with Crippen molar-refractivity contribution in [1.29, 1.82) is 0 Å². The summed E-state index contributed by atoms with van der Waals surface area (Å²) in [6.07, 6.45) is 4.37. The van der Waals surface area contributed by atoms with Gasteiger partial charge in [-0.3, -0.25) is 9.59 Å². The van der Waals surface area contributed by atoms with Gasteiger partial charge in [0.1, 0.15) is 6.61 Å². The smallest absolute Gasteiger partial charge is 0.407 e. The van der Waals surface area contributed by atoms with E-state index in [1.807, 2.05) is 43.3 Å². The molecular formula is C28H30N2O5. The van der Waals surface area contributed by atoms with Crippen LogP contribution in [0.1, 0.15) is 36.8 Å². The molecular weight excluding hydrogens is 444 g/mol. The Kier molecular flexibility index (Phi) is 6.32. The van der Waals surface area contributed by atoms with Crippen molar-refractivity contribution in [3.05, 3.63) is 71.8 Å². The summed E-state index contributed by atoms with van der Waals surface area (Å²) in [6, 6.07) is 16.1. The number of carbonyl (C=O) groups is 3. The number of carbonyl (C=O) groups excluding carboxylic acids is 2. The second-order valence-electron chi connectivity index (χ2n) is 9.84. The zero-order chi connectivity index (χ0) is 24.5. The molecule has 2 aromatic carbocycles. The lowest BCUT2D eigenvalue weighted by atomic mass is 9.90. The van der Waals surface area contributed by atoms with E-state index >= 15 is 0 Å². The van der Waals surface area contributed by atoms with Gasteiger partial charge in [0.25, 0.3) is 0 Å². The highest BCUT2D eigenvalue weighted by molar-refractivity contribution is 5.82. The fourth-order valence-electron chi connectivity index (χ4n) is 5.71. The number of aliphatic carboxylic acids is 1. The number of carboxylic acids is 1. The van der Waals surface area contributed by atoms with Crippen LogP contribution in [0.2, 0.25) is 0 Å². The third kappa shape index (κ3) is 4.55. The van der Waals surface area contributed by atoms with E-state index in [0.29, 0.717) is 19.4 Å². The van der Waals surface area contributed by atoms with Crippen molar-refractivity contribution < 1.29 is 24.2 Å². The number of amides is 2. The molecule has 2 amide bonds. The Morgan fingerprint density at radius 2 is 1.69 bits per heavy atom. The average Bonchev–Trinajstić information content (AvgIpc) is 3.41. The first-order valence-corrected chi connectivity index (χ1v) is 12.2. The number of ether oxygens (including phenoxy) is 1. The number of nitrogens with one attached hydrogen (secondary N) is 1. The fraction of sp³-hybridized carbons (Fsp3) is 0.393. The van der Waals surface area contributed by atoms with Gasteiger partial charge in [0.05, 0.1) is 12.0 Å². The van der Waals surface area contributed by atoms with Gasteiger partial charge in [-0.2, -0.15) is 0 Å². The predicted molar refractivity (Wildman–Crippen MR) is 131 cm³/mol. The highest BCUT2D eigenvalue weighted by Gasteiger charge is 2.39. The van der Waals surface area contributed by atoms with E-state index < -0.39 is 18.0 Å². The van der Waals surface area contributed by atoms with Crippen molar-refractivity contribution in [1.82, 2.24) is 10.2 Å². The first kappa shape index (κ1) is 23.1. The lowest BCUT2D eigenvalue weighted by Crippen LogP contribution is -2.42. The summed E-state index contributed by atoms with van der Waals surface area (Å²) < 4.78 is 5.65. The number of alkyl carbamates (subject to hydrolysis) is 1. The van der Waals surface area contributed by atoms with Crippen LogP contribution in [-0.4, -0.2) is 53.7 Å². The number of likely N-dealkylation sites (tertiary alicyclic amines) is 1. The maximum absolute atomic E-state index is 13.0. The highest BCUT2D eigenvalue weighted by Crippen LogP contribution is 2.44. The Balaban J connectivity index is 1.17. The number of fused-ring (bicyclic) bond motifs is 3. The van der Waals surface area contributed by atoms with Gasteiger partial charge in [-0.05, 0) is 41.0 Å². The summed E-state index contributed by atoms with van der Waals surface area (Å²) in [7, 11) is 0. The zero-order valence-corrected chi connectivity index (χ0v) is 19.7. The number of carboxylic acid groups (broad SMARTS) is 1. The van der Waals surface area contributed by atoms with Gasteiger partial charge in [-0.1, -0.05) is 67.6 Å². The van der Waals surface area contributed by atoms with Crippen molar-refractivity contribution in [2.75, 3.05) is 19.7 Å². The van der Waals surface area contributed by atoms with Crippen LogP contribution < -0.4 is 5.32 Å². The molecule has 0 saturated carbocycles. The minimum atomic E-state index is -0.855. The molecule has 2 aliphatic carbocycles. The van der Waals surface area contributed by atoms with Crippen LogP contribution in [0.25, 0.3) is 11.1 Å². The van der Waals surface area contributed by atoms with Crippen LogP contribution in [-0.2, 0) is 14.3 Å². The molecule has 1 saturated heterocycles. The van der Waals surface area contributed by atoms with Crippen molar-refractivity contribution in [3.63, 3.8) is 0 Å². The monoisotopic (exact) mass is 474 g/mol. The Bertz CT molecular complexity index is 1130. The van der Waals surface area contributed by atoms with E-state index in [9.17, 15) is 19.5 Å². The molecule has 1 heterocycles. The van der Waals surface area contributed by atoms with Gasteiger partial charge < -0.3 is 20.1 Å². The molecule has 1 fully saturated rings.